The Hall–Kier alpha value is -2.43. The number of benzene rings is 2. The normalized spacial score (nSPS) is 12.0. The second kappa shape index (κ2) is 4.55. The van der Waals surface area contributed by atoms with Crippen LogP contribution in [0.5, 0.6) is 0 Å². The molecule has 0 aliphatic carbocycles. The maximum Gasteiger partial charge on any atom is 0.416 e. The standard InChI is InChI=1S/C16H13F3N2/c1-21-6-5-14-13(3-2-4-15(14)21)10-7-11(16(17,18)19)9-12(20)8-10/h2-9H,20H2,1H3. The van der Waals surface area contributed by atoms with E-state index in [4.69, 9.17) is 5.73 Å². The van der Waals surface area contributed by atoms with Gasteiger partial charge in [-0.3, -0.25) is 0 Å². The van der Waals surface area contributed by atoms with E-state index in [0.717, 1.165) is 28.6 Å². The highest BCUT2D eigenvalue weighted by Crippen LogP contribution is 2.36. The Morgan fingerprint density at radius 1 is 1.05 bits per heavy atom. The molecule has 0 atom stereocenters. The van der Waals surface area contributed by atoms with E-state index in [1.165, 1.54) is 0 Å². The Morgan fingerprint density at radius 3 is 2.52 bits per heavy atom. The third-order valence-electron chi connectivity index (χ3n) is 3.52. The summed E-state index contributed by atoms with van der Waals surface area (Å²) in [5, 5.41) is 0.902. The van der Waals surface area contributed by atoms with E-state index in [9.17, 15) is 13.2 Å². The molecule has 0 saturated heterocycles. The lowest BCUT2D eigenvalue weighted by Gasteiger charge is -2.11. The van der Waals surface area contributed by atoms with Gasteiger partial charge in [-0.15, -0.1) is 0 Å². The highest BCUT2D eigenvalue weighted by atomic mass is 19.4. The van der Waals surface area contributed by atoms with Gasteiger partial charge in [0.2, 0.25) is 0 Å². The number of aromatic nitrogens is 1. The Bertz CT molecular complexity index is 816. The number of hydrogen-bond acceptors (Lipinski definition) is 1. The number of alkyl halides is 3. The summed E-state index contributed by atoms with van der Waals surface area (Å²) in [5.41, 5.74) is 7.19. The minimum absolute atomic E-state index is 0.104. The molecule has 0 amide bonds. The van der Waals surface area contributed by atoms with Gasteiger partial charge < -0.3 is 10.3 Å². The maximum absolute atomic E-state index is 12.9. The van der Waals surface area contributed by atoms with E-state index >= 15 is 0 Å². The van der Waals surface area contributed by atoms with E-state index in [-0.39, 0.29) is 5.69 Å². The predicted octanol–water partition coefficient (Wildman–Crippen LogP) is 4.45. The van der Waals surface area contributed by atoms with Gasteiger partial charge in [-0.1, -0.05) is 12.1 Å². The molecule has 0 aliphatic rings. The first kappa shape index (κ1) is 13.5. The Morgan fingerprint density at radius 2 is 1.81 bits per heavy atom. The third kappa shape index (κ3) is 2.35. The second-order valence-corrected chi connectivity index (χ2v) is 5.01. The average molecular weight is 290 g/mol. The van der Waals surface area contributed by atoms with Crippen LogP contribution in [0.2, 0.25) is 0 Å². The van der Waals surface area contributed by atoms with E-state index in [1.54, 1.807) is 12.1 Å². The lowest BCUT2D eigenvalue weighted by atomic mass is 9.99. The molecule has 0 unspecified atom stereocenters. The fourth-order valence-corrected chi connectivity index (χ4v) is 2.52. The molecule has 108 valence electrons. The molecule has 0 bridgehead atoms. The Kier molecular flexibility index (Phi) is 2.93. The summed E-state index contributed by atoms with van der Waals surface area (Å²) in [6, 6.07) is 11.1. The van der Waals surface area contributed by atoms with Gasteiger partial charge in [-0.2, -0.15) is 13.2 Å². The molecule has 3 rings (SSSR count). The number of anilines is 1. The number of aryl methyl sites for hydroxylation is 1. The van der Waals surface area contributed by atoms with Crippen molar-refractivity contribution in [1.29, 1.82) is 0 Å². The number of nitrogens with two attached hydrogens (primary N) is 1. The van der Waals surface area contributed by atoms with Crippen LogP contribution < -0.4 is 5.73 Å². The summed E-state index contributed by atoms with van der Waals surface area (Å²) < 4.78 is 40.7. The number of nitrogen functional groups attached to an aromatic ring is 1. The molecule has 1 aromatic heterocycles. The summed E-state index contributed by atoms with van der Waals surface area (Å²) >= 11 is 0. The van der Waals surface area contributed by atoms with Crippen LogP contribution in [0.4, 0.5) is 18.9 Å². The minimum Gasteiger partial charge on any atom is -0.399 e. The topological polar surface area (TPSA) is 30.9 Å². The van der Waals surface area contributed by atoms with Crippen LogP contribution in [-0.2, 0) is 13.2 Å². The first-order chi connectivity index (χ1) is 9.86. The van der Waals surface area contributed by atoms with Gasteiger partial charge in [0, 0.05) is 29.8 Å². The lowest BCUT2D eigenvalue weighted by molar-refractivity contribution is -0.137. The van der Waals surface area contributed by atoms with Crippen molar-refractivity contribution < 1.29 is 13.2 Å². The van der Waals surface area contributed by atoms with Crippen molar-refractivity contribution >= 4 is 16.6 Å². The molecule has 5 heteroatoms. The van der Waals surface area contributed by atoms with Crippen LogP contribution in [0.15, 0.2) is 48.7 Å². The molecule has 3 aromatic rings. The highest BCUT2D eigenvalue weighted by Gasteiger charge is 2.31. The summed E-state index contributed by atoms with van der Waals surface area (Å²) in [4.78, 5) is 0. The van der Waals surface area contributed by atoms with Crippen molar-refractivity contribution in [2.45, 2.75) is 6.18 Å². The van der Waals surface area contributed by atoms with Crippen LogP contribution in [0.1, 0.15) is 5.56 Å². The molecule has 2 N–H and O–H groups in total. The van der Waals surface area contributed by atoms with Crippen LogP contribution in [0.3, 0.4) is 0 Å². The monoisotopic (exact) mass is 290 g/mol. The largest absolute Gasteiger partial charge is 0.416 e. The van der Waals surface area contributed by atoms with Crippen molar-refractivity contribution in [2.75, 3.05) is 5.73 Å². The van der Waals surface area contributed by atoms with Gasteiger partial charge in [0.05, 0.1) is 5.56 Å². The summed E-state index contributed by atoms with van der Waals surface area (Å²) in [6.07, 6.45) is -2.53. The molecule has 0 spiro atoms. The predicted molar refractivity (Wildman–Crippen MR) is 77.8 cm³/mol. The van der Waals surface area contributed by atoms with E-state index < -0.39 is 11.7 Å². The van der Waals surface area contributed by atoms with Crippen molar-refractivity contribution in [1.82, 2.24) is 4.57 Å². The molecule has 21 heavy (non-hydrogen) atoms. The van der Waals surface area contributed by atoms with Crippen molar-refractivity contribution in [3.05, 3.63) is 54.2 Å². The smallest absolute Gasteiger partial charge is 0.399 e. The number of nitrogens with zero attached hydrogens (tertiary/aromatic N) is 1. The van der Waals surface area contributed by atoms with E-state index in [1.807, 2.05) is 36.0 Å². The molecule has 0 fully saturated rings. The quantitative estimate of drug-likeness (QED) is 0.660. The van der Waals surface area contributed by atoms with Gasteiger partial charge in [0.25, 0.3) is 0 Å². The van der Waals surface area contributed by atoms with Gasteiger partial charge in [0.15, 0.2) is 0 Å². The fraction of sp³-hybridized carbons (Fsp3) is 0.125. The summed E-state index contributed by atoms with van der Waals surface area (Å²) in [5.74, 6) is 0. The molecule has 2 aromatic carbocycles. The number of rotatable bonds is 1. The van der Waals surface area contributed by atoms with Crippen LogP contribution >= 0.6 is 0 Å². The summed E-state index contributed by atoms with van der Waals surface area (Å²) in [6.45, 7) is 0. The van der Waals surface area contributed by atoms with E-state index in [0.29, 0.717) is 5.56 Å². The molecule has 0 radical (unpaired) electrons. The first-order valence-corrected chi connectivity index (χ1v) is 6.38. The molecule has 0 saturated carbocycles. The van der Waals surface area contributed by atoms with Crippen molar-refractivity contribution in [2.24, 2.45) is 7.05 Å². The van der Waals surface area contributed by atoms with Gasteiger partial charge >= 0.3 is 6.18 Å². The number of halogens is 3. The van der Waals surface area contributed by atoms with Crippen molar-refractivity contribution in [3.8, 4) is 11.1 Å². The molecule has 1 heterocycles. The van der Waals surface area contributed by atoms with Gasteiger partial charge in [-0.25, -0.2) is 0 Å². The lowest BCUT2D eigenvalue weighted by Crippen LogP contribution is -2.06. The highest BCUT2D eigenvalue weighted by molar-refractivity contribution is 5.96. The zero-order valence-corrected chi connectivity index (χ0v) is 11.3. The van der Waals surface area contributed by atoms with Crippen LogP contribution in [0.25, 0.3) is 22.0 Å². The zero-order chi connectivity index (χ0) is 15.2. The fourth-order valence-electron chi connectivity index (χ4n) is 2.52. The molecular weight excluding hydrogens is 277 g/mol. The zero-order valence-electron chi connectivity index (χ0n) is 11.3. The second-order valence-electron chi connectivity index (χ2n) is 5.01. The van der Waals surface area contributed by atoms with Crippen molar-refractivity contribution in [3.63, 3.8) is 0 Å². The third-order valence-corrected chi connectivity index (χ3v) is 3.52. The Labute approximate surface area is 119 Å². The van der Waals surface area contributed by atoms with Crippen LogP contribution in [-0.4, -0.2) is 4.57 Å². The Balaban J connectivity index is 2.26. The van der Waals surface area contributed by atoms with E-state index in [2.05, 4.69) is 0 Å². The maximum atomic E-state index is 12.9. The minimum atomic E-state index is -4.41. The van der Waals surface area contributed by atoms with Gasteiger partial charge in [0.1, 0.15) is 0 Å². The SMILES string of the molecule is Cn1ccc2c(-c3cc(N)cc(C(F)(F)F)c3)cccc21. The number of hydrogen-bond donors (Lipinski definition) is 1. The molecule has 0 aliphatic heterocycles. The first-order valence-electron chi connectivity index (χ1n) is 6.38. The number of fused-ring (bicyclic) bond motifs is 1. The van der Waals surface area contributed by atoms with Crippen LogP contribution in [0, 0.1) is 0 Å². The molecular formula is C16H13F3N2. The average Bonchev–Trinajstić information content (AvgIpc) is 2.79. The summed E-state index contributed by atoms with van der Waals surface area (Å²) in [7, 11) is 1.90. The molecule has 2 nitrogen and oxygen atoms in total. The van der Waals surface area contributed by atoms with Gasteiger partial charge in [-0.05, 0) is 41.5 Å².